The van der Waals surface area contributed by atoms with Gasteiger partial charge in [-0.3, -0.25) is 15.1 Å². The summed E-state index contributed by atoms with van der Waals surface area (Å²) in [7, 11) is 0. The first-order chi connectivity index (χ1) is 9.13. The summed E-state index contributed by atoms with van der Waals surface area (Å²) >= 11 is 3.32. The van der Waals surface area contributed by atoms with E-state index in [9.17, 15) is 10.1 Å². The SMILES string of the molecule is O=[N+]([O-])c1ccc2nc(-c3cncc(Br)c3)nn2c1. The third-order valence-corrected chi connectivity index (χ3v) is 2.92. The van der Waals surface area contributed by atoms with Gasteiger partial charge in [0.25, 0.3) is 5.69 Å². The molecule has 0 aliphatic carbocycles. The molecular formula is C11H6BrN5O2. The highest BCUT2D eigenvalue weighted by Crippen LogP contribution is 2.20. The minimum Gasteiger partial charge on any atom is -0.263 e. The van der Waals surface area contributed by atoms with Gasteiger partial charge in [-0.25, -0.2) is 9.50 Å². The summed E-state index contributed by atoms with van der Waals surface area (Å²) in [5.41, 5.74) is 1.25. The highest BCUT2D eigenvalue weighted by Gasteiger charge is 2.11. The van der Waals surface area contributed by atoms with Crippen LogP contribution in [0.3, 0.4) is 0 Å². The van der Waals surface area contributed by atoms with E-state index >= 15 is 0 Å². The lowest BCUT2D eigenvalue weighted by molar-refractivity contribution is -0.385. The molecule has 94 valence electrons. The van der Waals surface area contributed by atoms with Crippen molar-refractivity contribution in [3.63, 3.8) is 0 Å². The van der Waals surface area contributed by atoms with Gasteiger partial charge in [0, 0.05) is 28.5 Å². The van der Waals surface area contributed by atoms with Crippen molar-refractivity contribution in [2.45, 2.75) is 0 Å². The lowest BCUT2D eigenvalue weighted by atomic mass is 10.3. The van der Waals surface area contributed by atoms with E-state index in [4.69, 9.17) is 0 Å². The minimum absolute atomic E-state index is 0.0312. The Bertz CT molecular complexity index is 786. The maximum absolute atomic E-state index is 10.7. The molecule has 19 heavy (non-hydrogen) atoms. The number of hydrogen-bond donors (Lipinski definition) is 0. The molecule has 0 fully saturated rings. The zero-order valence-electron chi connectivity index (χ0n) is 9.39. The first-order valence-electron chi connectivity index (χ1n) is 5.25. The van der Waals surface area contributed by atoms with Crippen LogP contribution in [0, 0.1) is 10.1 Å². The Morgan fingerprint density at radius 2 is 2.16 bits per heavy atom. The second kappa shape index (κ2) is 4.39. The molecule has 8 heteroatoms. The average molecular weight is 320 g/mol. The summed E-state index contributed by atoms with van der Waals surface area (Å²) in [5, 5.41) is 14.9. The molecular weight excluding hydrogens is 314 g/mol. The molecule has 3 rings (SSSR count). The second-order valence-corrected chi connectivity index (χ2v) is 4.69. The highest BCUT2D eigenvalue weighted by molar-refractivity contribution is 9.10. The van der Waals surface area contributed by atoms with Gasteiger partial charge in [0.2, 0.25) is 0 Å². The van der Waals surface area contributed by atoms with E-state index in [1.54, 1.807) is 18.5 Å². The number of pyridine rings is 2. The molecule has 0 saturated carbocycles. The van der Waals surface area contributed by atoms with Crippen molar-refractivity contribution in [3.05, 3.63) is 51.4 Å². The van der Waals surface area contributed by atoms with E-state index in [1.807, 2.05) is 6.07 Å². The van der Waals surface area contributed by atoms with Crippen LogP contribution in [0.5, 0.6) is 0 Å². The molecule has 0 bridgehead atoms. The number of nitrogens with zero attached hydrogens (tertiary/aromatic N) is 5. The molecule has 7 nitrogen and oxygen atoms in total. The van der Waals surface area contributed by atoms with E-state index in [0.29, 0.717) is 11.5 Å². The second-order valence-electron chi connectivity index (χ2n) is 3.77. The normalized spacial score (nSPS) is 10.8. The number of nitro groups is 1. The molecule has 0 amide bonds. The number of rotatable bonds is 2. The Labute approximate surface area is 115 Å². The van der Waals surface area contributed by atoms with Gasteiger partial charge in [-0.15, -0.1) is 5.10 Å². The molecule has 0 radical (unpaired) electrons. The van der Waals surface area contributed by atoms with Crippen molar-refractivity contribution < 1.29 is 4.92 Å². The Morgan fingerprint density at radius 1 is 1.32 bits per heavy atom. The van der Waals surface area contributed by atoms with Gasteiger partial charge in [-0.2, -0.15) is 0 Å². The van der Waals surface area contributed by atoms with Crippen molar-refractivity contribution in [2.75, 3.05) is 0 Å². The monoisotopic (exact) mass is 319 g/mol. The summed E-state index contributed by atoms with van der Waals surface area (Å²) in [6.07, 6.45) is 4.62. The fraction of sp³-hybridized carbons (Fsp3) is 0. The predicted molar refractivity (Wildman–Crippen MR) is 70.6 cm³/mol. The molecule has 0 atom stereocenters. The zero-order valence-corrected chi connectivity index (χ0v) is 11.0. The summed E-state index contributed by atoms with van der Waals surface area (Å²) in [6, 6.07) is 4.78. The van der Waals surface area contributed by atoms with E-state index in [2.05, 4.69) is 31.0 Å². The third-order valence-electron chi connectivity index (χ3n) is 2.49. The molecule has 0 N–H and O–H groups in total. The smallest absolute Gasteiger partial charge is 0.263 e. The van der Waals surface area contributed by atoms with Crippen LogP contribution in [0.1, 0.15) is 0 Å². The van der Waals surface area contributed by atoms with Crippen LogP contribution >= 0.6 is 15.9 Å². The van der Waals surface area contributed by atoms with Gasteiger partial charge >= 0.3 is 0 Å². The Morgan fingerprint density at radius 3 is 2.89 bits per heavy atom. The van der Waals surface area contributed by atoms with Gasteiger partial charge in [-0.05, 0) is 28.1 Å². The van der Waals surface area contributed by atoms with Gasteiger partial charge in [0.15, 0.2) is 11.5 Å². The van der Waals surface area contributed by atoms with Gasteiger partial charge in [0.05, 0.1) is 4.92 Å². The number of fused-ring (bicyclic) bond motifs is 1. The summed E-state index contributed by atoms with van der Waals surface area (Å²) < 4.78 is 2.20. The first-order valence-corrected chi connectivity index (χ1v) is 6.04. The molecule has 3 aromatic heterocycles. The molecule has 3 heterocycles. The minimum atomic E-state index is -0.471. The summed E-state index contributed by atoms with van der Waals surface area (Å²) in [6.45, 7) is 0. The largest absolute Gasteiger partial charge is 0.287 e. The van der Waals surface area contributed by atoms with Crippen LogP contribution in [-0.2, 0) is 0 Å². The molecule has 0 spiro atoms. The maximum atomic E-state index is 10.7. The Kier molecular flexibility index (Phi) is 2.71. The van der Waals surface area contributed by atoms with Crippen molar-refractivity contribution in [1.29, 1.82) is 0 Å². The van der Waals surface area contributed by atoms with Crippen molar-refractivity contribution in [3.8, 4) is 11.4 Å². The van der Waals surface area contributed by atoms with Crippen molar-refractivity contribution in [2.24, 2.45) is 0 Å². The molecule has 0 aromatic carbocycles. The number of hydrogen-bond acceptors (Lipinski definition) is 5. The standard InChI is InChI=1S/C11H6BrN5O2/c12-8-3-7(4-13-5-8)11-14-10-2-1-9(17(18)19)6-16(10)15-11/h1-6H. The zero-order chi connectivity index (χ0) is 13.4. The summed E-state index contributed by atoms with van der Waals surface area (Å²) in [4.78, 5) is 18.5. The van der Waals surface area contributed by atoms with Crippen LogP contribution in [0.4, 0.5) is 5.69 Å². The average Bonchev–Trinajstić information content (AvgIpc) is 2.81. The van der Waals surface area contributed by atoms with Crippen molar-refractivity contribution in [1.82, 2.24) is 19.6 Å². The van der Waals surface area contributed by atoms with Crippen LogP contribution < -0.4 is 0 Å². The highest BCUT2D eigenvalue weighted by atomic mass is 79.9. The molecule has 3 aromatic rings. The lowest BCUT2D eigenvalue weighted by Crippen LogP contribution is -1.93. The molecule has 0 saturated heterocycles. The Hall–Kier alpha value is -2.35. The van der Waals surface area contributed by atoms with Gasteiger partial charge in [0.1, 0.15) is 6.20 Å². The number of aromatic nitrogens is 4. The lowest BCUT2D eigenvalue weighted by Gasteiger charge is -1.93. The third kappa shape index (κ3) is 2.17. The fourth-order valence-electron chi connectivity index (χ4n) is 1.64. The Balaban J connectivity index is 2.14. The van der Waals surface area contributed by atoms with Crippen LogP contribution in [-0.4, -0.2) is 24.5 Å². The van der Waals surface area contributed by atoms with Crippen LogP contribution in [0.25, 0.3) is 17.0 Å². The van der Waals surface area contributed by atoms with Crippen molar-refractivity contribution >= 4 is 27.3 Å². The molecule has 0 aliphatic heterocycles. The van der Waals surface area contributed by atoms with Gasteiger partial charge < -0.3 is 0 Å². The fourth-order valence-corrected chi connectivity index (χ4v) is 2.00. The van der Waals surface area contributed by atoms with E-state index in [1.165, 1.54) is 16.8 Å². The quantitative estimate of drug-likeness (QED) is 0.535. The number of halogens is 1. The molecule has 0 aliphatic rings. The van der Waals surface area contributed by atoms with Crippen LogP contribution in [0.15, 0.2) is 41.3 Å². The van der Waals surface area contributed by atoms with Gasteiger partial charge in [-0.1, -0.05) is 0 Å². The van der Waals surface area contributed by atoms with E-state index < -0.39 is 4.92 Å². The van der Waals surface area contributed by atoms with Crippen LogP contribution in [0.2, 0.25) is 0 Å². The topological polar surface area (TPSA) is 86.2 Å². The summed E-state index contributed by atoms with van der Waals surface area (Å²) in [5.74, 6) is 0.467. The van der Waals surface area contributed by atoms with E-state index in [0.717, 1.165) is 10.0 Å². The van der Waals surface area contributed by atoms with E-state index in [-0.39, 0.29) is 5.69 Å². The molecule has 0 unspecified atom stereocenters. The first kappa shape index (κ1) is 11.7. The predicted octanol–water partition coefficient (Wildman–Crippen LogP) is 2.46. The maximum Gasteiger partial charge on any atom is 0.287 e.